The van der Waals surface area contributed by atoms with Crippen molar-refractivity contribution in [3.8, 4) is 0 Å². The van der Waals surface area contributed by atoms with Crippen LogP contribution in [0.1, 0.15) is 28.8 Å². The van der Waals surface area contributed by atoms with E-state index in [1.165, 1.54) is 6.07 Å². The molecule has 5 nitrogen and oxygen atoms in total. The molecule has 4 rings (SSSR count). The summed E-state index contributed by atoms with van der Waals surface area (Å²) in [6.45, 7) is 1.28. The van der Waals surface area contributed by atoms with Crippen LogP contribution in [-0.2, 0) is 11.3 Å². The molecule has 0 bridgehead atoms. The van der Waals surface area contributed by atoms with Gasteiger partial charge in [-0.15, -0.1) is 0 Å². The first-order chi connectivity index (χ1) is 13.9. The first kappa shape index (κ1) is 20.1. The molecule has 2 aromatic carbocycles. The van der Waals surface area contributed by atoms with E-state index in [0.29, 0.717) is 47.1 Å². The summed E-state index contributed by atoms with van der Waals surface area (Å²) in [5.41, 5.74) is 0.191. The Morgan fingerprint density at radius 2 is 1.72 bits per heavy atom. The lowest BCUT2D eigenvalue weighted by Gasteiger charge is -2.44. The minimum Gasteiger partial charge on any atom is -0.338 e. The molecule has 0 unspecified atom stereocenters. The predicted octanol–water partition coefficient (Wildman–Crippen LogP) is 3.70. The number of rotatable bonds is 3. The van der Waals surface area contributed by atoms with Crippen LogP contribution in [0.2, 0.25) is 10.0 Å². The predicted molar refractivity (Wildman–Crippen MR) is 109 cm³/mol. The molecule has 2 aliphatic rings. The Hall–Kier alpha value is -2.15. The molecule has 0 radical (unpaired) electrons. The number of piperidine rings is 1. The fraction of sp³-hybridized carbons (Fsp3) is 0.333. The first-order valence-electron chi connectivity index (χ1n) is 9.43. The summed E-state index contributed by atoms with van der Waals surface area (Å²) >= 11 is 12.4. The third-order valence-electron chi connectivity index (χ3n) is 5.73. The van der Waals surface area contributed by atoms with Crippen LogP contribution >= 0.6 is 23.2 Å². The summed E-state index contributed by atoms with van der Waals surface area (Å²) in [5.74, 6) is -0.620. The second kappa shape index (κ2) is 7.94. The lowest BCUT2D eigenvalue weighted by molar-refractivity contribution is -0.132. The molecule has 2 saturated heterocycles. The lowest BCUT2D eigenvalue weighted by atomic mass is 9.94. The number of carbonyl (C=O) groups excluding carboxylic acids is 2. The van der Waals surface area contributed by atoms with Crippen LogP contribution in [0, 0.1) is 5.82 Å². The highest BCUT2D eigenvalue weighted by Crippen LogP contribution is 2.34. The van der Waals surface area contributed by atoms with Crippen LogP contribution in [-0.4, -0.2) is 46.9 Å². The topological polar surface area (TPSA) is 52.7 Å². The smallest absolute Gasteiger partial charge is 0.256 e. The number of benzene rings is 2. The zero-order valence-electron chi connectivity index (χ0n) is 15.6. The van der Waals surface area contributed by atoms with E-state index in [2.05, 4.69) is 5.32 Å². The van der Waals surface area contributed by atoms with Gasteiger partial charge in [-0.05, 0) is 18.2 Å². The fourth-order valence-corrected chi connectivity index (χ4v) is 4.65. The number of nitrogens with one attached hydrogen (secondary N) is 1. The van der Waals surface area contributed by atoms with Crippen molar-refractivity contribution in [1.29, 1.82) is 0 Å². The number of hydrogen-bond acceptors (Lipinski definition) is 3. The van der Waals surface area contributed by atoms with E-state index in [4.69, 9.17) is 23.2 Å². The highest BCUT2D eigenvalue weighted by atomic mass is 35.5. The van der Waals surface area contributed by atoms with Gasteiger partial charge in [-0.3, -0.25) is 14.9 Å². The van der Waals surface area contributed by atoms with Gasteiger partial charge in [0.1, 0.15) is 5.82 Å². The zero-order chi connectivity index (χ0) is 20.6. The van der Waals surface area contributed by atoms with Crippen molar-refractivity contribution in [3.05, 3.63) is 69.5 Å². The van der Waals surface area contributed by atoms with E-state index in [0.717, 1.165) is 0 Å². The minimum absolute atomic E-state index is 0.0674. The third-order valence-corrected chi connectivity index (χ3v) is 6.36. The molecule has 2 fully saturated rings. The number of amides is 2. The molecule has 8 heteroatoms. The van der Waals surface area contributed by atoms with Gasteiger partial charge in [-0.1, -0.05) is 47.5 Å². The van der Waals surface area contributed by atoms with Crippen molar-refractivity contribution in [2.24, 2.45) is 0 Å². The van der Waals surface area contributed by atoms with Gasteiger partial charge in [0, 0.05) is 31.5 Å². The summed E-state index contributed by atoms with van der Waals surface area (Å²) in [4.78, 5) is 28.9. The number of likely N-dealkylation sites (tertiary alicyclic amines) is 1. The third kappa shape index (κ3) is 3.72. The van der Waals surface area contributed by atoms with E-state index in [1.54, 1.807) is 46.2 Å². The van der Waals surface area contributed by atoms with Crippen molar-refractivity contribution in [1.82, 2.24) is 15.1 Å². The van der Waals surface area contributed by atoms with Gasteiger partial charge >= 0.3 is 0 Å². The quantitative estimate of drug-likeness (QED) is 0.799. The second-order valence-electron chi connectivity index (χ2n) is 7.35. The van der Waals surface area contributed by atoms with Gasteiger partial charge < -0.3 is 9.80 Å². The first-order valence-corrected chi connectivity index (χ1v) is 10.2. The van der Waals surface area contributed by atoms with Crippen LogP contribution in [0.4, 0.5) is 4.39 Å². The van der Waals surface area contributed by atoms with Gasteiger partial charge in [0.2, 0.25) is 5.91 Å². The van der Waals surface area contributed by atoms with Crippen LogP contribution in [0.3, 0.4) is 0 Å². The molecule has 0 atom stereocenters. The highest BCUT2D eigenvalue weighted by molar-refractivity contribution is 6.39. The van der Waals surface area contributed by atoms with E-state index >= 15 is 0 Å². The summed E-state index contributed by atoms with van der Waals surface area (Å²) in [6.07, 6.45) is 1.09. The Labute approximate surface area is 178 Å². The molecule has 29 heavy (non-hydrogen) atoms. The molecule has 2 amide bonds. The van der Waals surface area contributed by atoms with E-state index < -0.39 is 5.66 Å². The summed E-state index contributed by atoms with van der Waals surface area (Å²) in [5, 5.41) is 3.93. The molecule has 2 aromatic rings. The molecular formula is C21H20Cl2FN3O2. The van der Waals surface area contributed by atoms with Gasteiger partial charge in [0.15, 0.2) is 0 Å². The Bertz CT molecular complexity index is 940. The maximum Gasteiger partial charge on any atom is 0.256 e. The number of nitrogens with zero attached hydrogens (tertiary/aromatic N) is 2. The molecule has 0 saturated carbocycles. The Balaban J connectivity index is 1.50. The zero-order valence-corrected chi connectivity index (χ0v) is 17.1. The summed E-state index contributed by atoms with van der Waals surface area (Å²) < 4.78 is 14.1. The normalized spacial score (nSPS) is 18.5. The van der Waals surface area contributed by atoms with Gasteiger partial charge in [-0.2, -0.15) is 0 Å². The number of carbonyl (C=O) groups is 2. The monoisotopic (exact) mass is 435 g/mol. The van der Waals surface area contributed by atoms with Crippen LogP contribution in [0.15, 0.2) is 42.5 Å². The largest absolute Gasteiger partial charge is 0.338 e. The summed E-state index contributed by atoms with van der Waals surface area (Å²) in [6, 6.07) is 11.4. The second-order valence-corrected chi connectivity index (χ2v) is 8.16. The van der Waals surface area contributed by atoms with Crippen molar-refractivity contribution in [2.75, 3.05) is 19.6 Å². The molecule has 0 aliphatic carbocycles. The molecule has 1 N–H and O–H groups in total. The molecule has 0 aromatic heterocycles. The standard InChI is InChI=1S/C21H20Cl2FN3O2/c22-15-5-3-6-16(23)19(15)20(29)26-10-8-21(9-11-26)25-12-18(28)27(21)13-14-4-1-2-7-17(14)24/h1-7,25H,8-13H2. The van der Waals surface area contributed by atoms with Crippen molar-refractivity contribution in [3.63, 3.8) is 0 Å². The molecule has 2 aliphatic heterocycles. The number of hydrogen-bond donors (Lipinski definition) is 1. The van der Waals surface area contributed by atoms with E-state index in [1.807, 2.05) is 0 Å². The number of halogens is 3. The van der Waals surface area contributed by atoms with E-state index in [-0.39, 0.29) is 30.7 Å². The Morgan fingerprint density at radius 1 is 1.07 bits per heavy atom. The Morgan fingerprint density at radius 3 is 2.38 bits per heavy atom. The molecule has 152 valence electrons. The van der Waals surface area contributed by atoms with Gasteiger partial charge in [0.05, 0.1) is 34.4 Å². The van der Waals surface area contributed by atoms with Crippen LogP contribution in [0.25, 0.3) is 0 Å². The lowest BCUT2D eigenvalue weighted by Crippen LogP contribution is -2.59. The van der Waals surface area contributed by atoms with Gasteiger partial charge in [-0.25, -0.2) is 4.39 Å². The van der Waals surface area contributed by atoms with Crippen molar-refractivity contribution >= 4 is 35.0 Å². The SMILES string of the molecule is O=C(c1c(Cl)cccc1Cl)N1CCC2(CC1)NCC(=O)N2Cc1ccccc1F. The maximum absolute atomic E-state index is 14.1. The average molecular weight is 436 g/mol. The highest BCUT2D eigenvalue weighted by Gasteiger charge is 2.47. The Kier molecular flexibility index (Phi) is 5.51. The van der Waals surface area contributed by atoms with Crippen LogP contribution < -0.4 is 5.32 Å². The van der Waals surface area contributed by atoms with Crippen molar-refractivity contribution < 1.29 is 14.0 Å². The fourth-order valence-electron chi connectivity index (χ4n) is 4.09. The molecule has 1 spiro atoms. The maximum atomic E-state index is 14.1. The average Bonchev–Trinajstić information content (AvgIpc) is 2.99. The van der Waals surface area contributed by atoms with Crippen molar-refractivity contribution in [2.45, 2.75) is 25.0 Å². The minimum atomic E-state index is -0.583. The molecular weight excluding hydrogens is 416 g/mol. The van der Waals surface area contributed by atoms with Crippen LogP contribution in [0.5, 0.6) is 0 Å². The molecule has 2 heterocycles. The van der Waals surface area contributed by atoms with E-state index in [9.17, 15) is 14.0 Å². The summed E-state index contributed by atoms with van der Waals surface area (Å²) in [7, 11) is 0. The van der Waals surface area contributed by atoms with Gasteiger partial charge in [0.25, 0.3) is 5.91 Å².